The Bertz CT molecular complexity index is 715. The maximum absolute atomic E-state index is 11.2. The molecule has 3 rings (SSSR count). The van der Waals surface area contributed by atoms with Crippen LogP contribution < -0.4 is 5.73 Å². The van der Waals surface area contributed by atoms with Crippen molar-refractivity contribution in [2.45, 2.75) is 19.9 Å². The molecule has 1 aliphatic heterocycles. The summed E-state index contributed by atoms with van der Waals surface area (Å²) in [6.07, 6.45) is -0.360. The van der Waals surface area contributed by atoms with Crippen molar-refractivity contribution in [1.29, 1.82) is 0 Å². The summed E-state index contributed by atoms with van der Waals surface area (Å²) in [6, 6.07) is 7.86. The number of aromatic nitrogens is 2. The highest BCUT2D eigenvalue weighted by atomic mass is 16.4. The zero-order chi connectivity index (χ0) is 15.0. The molecule has 0 saturated heterocycles. The largest absolute Gasteiger partial charge is 0.465 e. The van der Waals surface area contributed by atoms with E-state index < -0.39 is 6.09 Å². The number of fused-ring (bicyclic) bond motifs is 1. The molecule has 0 aliphatic carbocycles. The van der Waals surface area contributed by atoms with Gasteiger partial charge in [-0.1, -0.05) is 24.3 Å². The van der Waals surface area contributed by atoms with Crippen LogP contribution in [-0.2, 0) is 13.0 Å². The lowest BCUT2D eigenvalue weighted by Gasteiger charge is -2.27. The monoisotopic (exact) mass is 284 g/mol. The highest BCUT2D eigenvalue weighted by Crippen LogP contribution is 2.30. The van der Waals surface area contributed by atoms with Gasteiger partial charge >= 0.3 is 6.09 Å². The third-order valence-corrected chi connectivity index (χ3v) is 3.75. The lowest BCUT2D eigenvalue weighted by atomic mass is 9.97. The number of benzene rings is 1. The van der Waals surface area contributed by atoms with E-state index in [4.69, 9.17) is 5.73 Å². The third-order valence-electron chi connectivity index (χ3n) is 3.75. The second-order valence-corrected chi connectivity index (χ2v) is 5.12. The first-order chi connectivity index (χ1) is 10.1. The van der Waals surface area contributed by atoms with Gasteiger partial charge in [-0.2, -0.15) is 0 Å². The van der Waals surface area contributed by atoms with Gasteiger partial charge in [0, 0.05) is 24.1 Å². The van der Waals surface area contributed by atoms with E-state index in [-0.39, 0.29) is 5.95 Å². The van der Waals surface area contributed by atoms with Crippen molar-refractivity contribution in [2.24, 2.45) is 0 Å². The molecule has 0 radical (unpaired) electrons. The van der Waals surface area contributed by atoms with Crippen molar-refractivity contribution in [1.82, 2.24) is 14.9 Å². The van der Waals surface area contributed by atoms with Crippen LogP contribution in [0.2, 0.25) is 0 Å². The van der Waals surface area contributed by atoms with E-state index in [1.807, 2.05) is 31.2 Å². The molecule has 0 saturated carbocycles. The van der Waals surface area contributed by atoms with Gasteiger partial charge in [0.25, 0.3) is 0 Å². The minimum absolute atomic E-state index is 0.232. The Kier molecular flexibility index (Phi) is 3.21. The first kappa shape index (κ1) is 13.4. The van der Waals surface area contributed by atoms with Crippen molar-refractivity contribution in [3.63, 3.8) is 0 Å². The molecule has 0 atom stereocenters. The molecular weight excluding hydrogens is 268 g/mol. The number of anilines is 1. The van der Waals surface area contributed by atoms with Gasteiger partial charge in [-0.15, -0.1) is 0 Å². The average Bonchev–Trinajstić information content (AvgIpc) is 2.46. The van der Waals surface area contributed by atoms with E-state index in [1.54, 1.807) is 0 Å². The fourth-order valence-corrected chi connectivity index (χ4v) is 2.66. The maximum Gasteiger partial charge on any atom is 0.407 e. The van der Waals surface area contributed by atoms with Crippen molar-refractivity contribution in [3.05, 3.63) is 41.1 Å². The fraction of sp³-hybridized carbons (Fsp3) is 0.267. The zero-order valence-corrected chi connectivity index (χ0v) is 11.7. The number of amides is 1. The van der Waals surface area contributed by atoms with Gasteiger partial charge in [-0.3, -0.25) is 0 Å². The molecule has 1 aromatic heterocycles. The fourth-order valence-electron chi connectivity index (χ4n) is 2.66. The molecule has 3 N–H and O–H groups in total. The van der Waals surface area contributed by atoms with Crippen LogP contribution in [0.1, 0.15) is 16.8 Å². The predicted molar refractivity (Wildman–Crippen MR) is 78.8 cm³/mol. The summed E-state index contributed by atoms with van der Waals surface area (Å²) >= 11 is 0. The molecular formula is C15H16N4O2. The number of carboxylic acid groups (broad SMARTS) is 1. The van der Waals surface area contributed by atoms with Crippen LogP contribution in [0, 0.1) is 6.92 Å². The lowest BCUT2D eigenvalue weighted by Crippen LogP contribution is -2.35. The summed E-state index contributed by atoms with van der Waals surface area (Å²) in [5.41, 5.74) is 10.3. The SMILES string of the molecule is Cc1ccccc1-c1nc(N)nc2c1CN(C(=O)O)CC2. The molecule has 2 aromatic rings. The Morgan fingerprint density at radius 2 is 2.10 bits per heavy atom. The molecule has 0 fully saturated rings. The normalized spacial score (nSPS) is 13.9. The van der Waals surface area contributed by atoms with Crippen molar-refractivity contribution in [3.8, 4) is 11.3 Å². The second-order valence-electron chi connectivity index (χ2n) is 5.12. The summed E-state index contributed by atoms with van der Waals surface area (Å²) < 4.78 is 0. The lowest BCUT2D eigenvalue weighted by molar-refractivity contribution is 0.139. The molecule has 1 aliphatic rings. The first-order valence-corrected chi connectivity index (χ1v) is 6.75. The zero-order valence-electron chi connectivity index (χ0n) is 11.7. The summed E-state index contributed by atoms with van der Waals surface area (Å²) in [5, 5.41) is 9.19. The number of aryl methyl sites for hydroxylation is 1. The number of hydrogen-bond acceptors (Lipinski definition) is 4. The molecule has 1 amide bonds. The molecule has 1 aromatic carbocycles. The van der Waals surface area contributed by atoms with Crippen molar-refractivity contribution >= 4 is 12.0 Å². The number of nitrogens with zero attached hydrogens (tertiary/aromatic N) is 3. The molecule has 108 valence electrons. The molecule has 6 nitrogen and oxygen atoms in total. The smallest absolute Gasteiger partial charge is 0.407 e. The van der Waals surface area contributed by atoms with Crippen molar-refractivity contribution < 1.29 is 9.90 Å². The van der Waals surface area contributed by atoms with Gasteiger partial charge in [-0.05, 0) is 12.5 Å². The number of rotatable bonds is 1. The summed E-state index contributed by atoms with van der Waals surface area (Å²) in [6.45, 7) is 2.73. The van der Waals surface area contributed by atoms with Crippen LogP contribution >= 0.6 is 0 Å². The van der Waals surface area contributed by atoms with Gasteiger partial charge < -0.3 is 15.7 Å². The Balaban J connectivity index is 2.16. The van der Waals surface area contributed by atoms with Crippen LogP contribution in [0.15, 0.2) is 24.3 Å². The van der Waals surface area contributed by atoms with E-state index in [9.17, 15) is 9.90 Å². The topological polar surface area (TPSA) is 92.3 Å². The van der Waals surface area contributed by atoms with Crippen LogP contribution in [-0.4, -0.2) is 32.6 Å². The highest BCUT2D eigenvalue weighted by Gasteiger charge is 2.25. The Labute approximate surface area is 122 Å². The molecule has 0 spiro atoms. The van der Waals surface area contributed by atoms with Crippen molar-refractivity contribution in [2.75, 3.05) is 12.3 Å². The Hall–Kier alpha value is -2.63. The molecule has 21 heavy (non-hydrogen) atoms. The number of nitrogens with two attached hydrogens (primary N) is 1. The van der Waals surface area contributed by atoms with Crippen LogP contribution in [0.4, 0.5) is 10.7 Å². The Morgan fingerprint density at radius 3 is 2.81 bits per heavy atom. The third kappa shape index (κ3) is 2.40. The minimum atomic E-state index is -0.923. The van der Waals surface area contributed by atoms with E-state index in [2.05, 4.69) is 9.97 Å². The number of carbonyl (C=O) groups is 1. The van der Waals surface area contributed by atoms with Gasteiger partial charge in [-0.25, -0.2) is 14.8 Å². The average molecular weight is 284 g/mol. The first-order valence-electron chi connectivity index (χ1n) is 6.75. The van der Waals surface area contributed by atoms with E-state index in [0.29, 0.717) is 19.5 Å². The Morgan fingerprint density at radius 1 is 1.33 bits per heavy atom. The van der Waals surface area contributed by atoms with Crippen LogP contribution in [0.3, 0.4) is 0 Å². The van der Waals surface area contributed by atoms with E-state index >= 15 is 0 Å². The number of hydrogen-bond donors (Lipinski definition) is 2. The molecule has 2 heterocycles. The molecule has 0 bridgehead atoms. The maximum atomic E-state index is 11.2. The van der Waals surface area contributed by atoms with Gasteiger partial charge in [0.05, 0.1) is 17.9 Å². The minimum Gasteiger partial charge on any atom is -0.465 e. The summed E-state index contributed by atoms with van der Waals surface area (Å²) in [5.74, 6) is 0.232. The van der Waals surface area contributed by atoms with Crippen LogP contribution in [0.5, 0.6) is 0 Å². The molecule has 6 heteroatoms. The summed E-state index contributed by atoms with van der Waals surface area (Å²) in [7, 11) is 0. The standard InChI is InChI=1S/C15H16N4O2/c1-9-4-2-3-5-10(9)13-11-8-19(15(20)21)7-6-12(11)17-14(16)18-13/h2-5H,6-8H2,1H3,(H,20,21)(H2,16,17,18). The van der Waals surface area contributed by atoms with Gasteiger partial charge in [0.1, 0.15) is 0 Å². The highest BCUT2D eigenvalue weighted by molar-refractivity contribution is 5.71. The quantitative estimate of drug-likeness (QED) is 0.836. The summed E-state index contributed by atoms with van der Waals surface area (Å²) in [4.78, 5) is 21.2. The van der Waals surface area contributed by atoms with Crippen LogP contribution in [0.25, 0.3) is 11.3 Å². The second kappa shape index (κ2) is 5.05. The van der Waals surface area contributed by atoms with E-state index in [1.165, 1.54) is 4.90 Å². The predicted octanol–water partition coefficient (Wildman–Crippen LogP) is 2.07. The van der Waals surface area contributed by atoms with E-state index in [0.717, 1.165) is 28.1 Å². The molecule has 0 unspecified atom stereocenters. The number of nitrogen functional groups attached to an aromatic ring is 1. The van der Waals surface area contributed by atoms with Gasteiger partial charge in [0.15, 0.2) is 0 Å². The van der Waals surface area contributed by atoms with Gasteiger partial charge in [0.2, 0.25) is 5.95 Å².